The van der Waals surface area contributed by atoms with Crippen LogP contribution in [0.15, 0.2) is 4.99 Å². The summed E-state index contributed by atoms with van der Waals surface area (Å²) < 4.78 is 4.71. The van der Waals surface area contributed by atoms with E-state index in [1.54, 1.807) is 0 Å². The number of nitrogens with zero attached hydrogens (tertiary/aromatic N) is 1. The van der Waals surface area contributed by atoms with Gasteiger partial charge in [0.2, 0.25) is 6.08 Å². The largest absolute Gasteiger partial charge is 0.373 e. The lowest BCUT2D eigenvalue weighted by molar-refractivity contribution is 0.423. The molecule has 0 aromatic carbocycles. The molecule has 0 aromatic heterocycles. The van der Waals surface area contributed by atoms with E-state index < -0.39 is 0 Å². The lowest BCUT2D eigenvalue weighted by Crippen LogP contribution is -1.60. The van der Waals surface area contributed by atoms with Crippen LogP contribution in [-0.4, -0.2) is 25.8 Å². The third kappa shape index (κ3) is 9.02. The van der Waals surface area contributed by atoms with Crippen LogP contribution in [0.2, 0.25) is 0 Å². The van der Waals surface area contributed by atoms with Crippen molar-refractivity contribution in [3.05, 3.63) is 0 Å². The second-order valence-electron chi connectivity index (χ2n) is 1.46. The topological polar surface area (TPSA) is 42.0 Å². The third-order valence-electron chi connectivity index (χ3n) is 0.591. The molecule has 3 heteroatoms. The molecule has 3 nitrogen and oxygen atoms in total. The first-order valence-electron chi connectivity index (χ1n) is 2.38. The summed E-state index contributed by atoms with van der Waals surface area (Å²) >= 11 is 0. The molecule has 1 aliphatic rings. The highest BCUT2D eigenvalue weighted by Gasteiger charge is 2.13. The molecule has 8 heavy (non-hydrogen) atoms. The molecule has 0 spiro atoms. The van der Waals surface area contributed by atoms with Crippen LogP contribution in [0.25, 0.3) is 0 Å². The van der Waals surface area contributed by atoms with Crippen molar-refractivity contribution in [1.82, 2.24) is 0 Å². The van der Waals surface area contributed by atoms with Crippen molar-refractivity contribution in [2.45, 2.75) is 13.0 Å². The molecule has 1 fully saturated rings. The Morgan fingerprint density at radius 1 is 1.88 bits per heavy atom. The Balaban J connectivity index is 0.000000122. The van der Waals surface area contributed by atoms with Crippen molar-refractivity contribution in [1.29, 1.82) is 0 Å². The van der Waals surface area contributed by atoms with Crippen molar-refractivity contribution in [3.63, 3.8) is 0 Å². The number of hydrogen-bond acceptors (Lipinski definition) is 3. The molecule has 1 atom stereocenters. The molecule has 0 aromatic rings. The number of ether oxygens (including phenoxy) is 1. The first-order valence-corrected chi connectivity index (χ1v) is 2.38. The van der Waals surface area contributed by atoms with Crippen LogP contribution in [0.1, 0.15) is 6.92 Å². The maximum atomic E-state index is 8.88. The average molecular weight is 115 g/mol. The molecule has 1 heterocycles. The quantitative estimate of drug-likeness (QED) is 0.260. The predicted molar refractivity (Wildman–Crippen MR) is 29.5 cm³/mol. The van der Waals surface area contributed by atoms with E-state index in [1.807, 2.05) is 0 Å². The smallest absolute Gasteiger partial charge is 0.234 e. The fourth-order valence-corrected chi connectivity index (χ4v) is 0.0962. The molecule has 0 bridgehead atoms. The van der Waals surface area contributed by atoms with Crippen LogP contribution in [0.3, 0.4) is 0 Å². The summed E-state index contributed by atoms with van der Waals surface area (Å²) in [6, 6.07) is 0. The number of hydrogen-bond donors (Lipinski definition) is 0. The molecular weight excluding hydrogens is 106 g/mol. The van der Waals surface area contributed by atoms with Gasteiger partial charge in [0.25, 0.3) is 0 Å². The molecule has 1 saturated heterocycles. The summed E-state index contributed by atoms with van der Waals surface area (Å²) in [7, 11) is 1.38. The number of rotatable bonds is 0. The van der Waals surface area contributed by atoms with Crippen molar-refractivity contribution in [2.75, 3.05) is 13.7 Å². The van der Waals surface area contributed by atoms with E-state index >= 15 is 0 Å². The van der Waals surface area contributed by atoms with Crippen LogP contribution in [-0.2, 0) is 9.53 Å². The first-order chi connectivity index (χ1) is 3.81. The Bertz CT molecular complexity index is 92.6. The lowest BCUT2D eigenvalue weighted by Gasteiger charge is -1.50. The van der Waals surface area contributed by atoms with Crippen LogP contribution < -0.4 is 0 Å². The molecular formula is C5H9NO2. The summed E-state index contributed by atoms with van der Waals surface area (Å²) in [4.78, 5) is 11.8. The van der Waals surface area contributed by atoms with Crippen LogP contribution >= 0.6 is 0 Å². The highest BCUT2D eigenvalue weighted by Crippen LogP contribution is 2.04. The fourth-order valence-electron chi connectivity index (χ4n) is 0.0962. The molecule has 0 aliphatic carbocycles. The standard InChI is InChI=1S/C3H6O.C2H3NO/c1-3-2-4-3;1-3-2-4/h3H,2H2,1H3;1H3. The lowest BCUT2D eigenvalue weighted by atomic mass is 10.6. The molecule has 0 N–H and O–H groups in total. The Labute approximate surface area is 48.4 Å². The molecule has 0 saturated carbocycles. The van der Waals surface area contributed by atoms with E-state index in [0.717, 1.165) is 6.61 Å². The third-order valence-corrected chi connectivity index (χ3v) is 0.591. The number of isocyanates is 1. The number of aliphatic imine (C=N–C) groups is 1. The normalized spacial score (nSPS) is 22.0. The average Bonchev–Trinajstić information content (AvgIpc) is 2.52. The first kappa shape index (κ1) is 7.34. The zero-order valence-electron chi connectivity index (χ0n) is 5.05. The van der Waals surface area contributed by atoms with Gasteiger partial charge in [-0.1, -0.05) is 0 Å². The minimum absolute atomic E-state index is 0.583. The molecule has 46 valence electrons. The molecule has 0 amide bonds. The van der Waals surface area contributed by atoms with Gasteiger partial charge >= 0.3 is 0 Å². The predicted octanol–water partition coefficient (Wildman–Crippen LogP) is 0.357. The van der Waals surface area contributed by atoms with Gasteiger partial charge in [-0.2, -0.15) is 0 Å². The number of epoxide rings is 1. The summed E-state index contributed by atoms with van der Waals surface area (Å²) in [6.07, 6.45) is 1.89. The van der Waals surface area contributed by atoms with Gasteiger partial charge in [0.15, 0.2) is 0 Å². The van der Waals surface area contributed by atoms with Crippen LogP contribution in [0.5, 0.6) is 0 Å². The Kier molecular flexibility index (Phi) is 4.13. The SMILES string of the molecule is CC1CO1.CN=C=O. The second-order valence-corrected chi connectivity index (χ2v) is 1.46. The van der Waals surface area contributed by atoms with Gasteiger partial charge in [0, 0.05) is 7.05 Å². The number of carbonyl (C=O) groups excluding carboxylic acids is 1. The van der Waals surface area contributed by atoms with E-state index in [0.29, 0.717) is 6.10 Å². The Morgan fingerprint density at radius 3 is 2.12 bits per heavy atom. The summed E-state index contributed by atoms with van der Waals surface area (Å²) in [6.45, 7) is 3.04. The zero-order valence-corrected chi connectivity index (χ0v) is 5.05. The van der Waals surface area contributed by atoms with E-state index in [-0.39, 0.29) is 0 Å². The van der Waals surface area contributed by atoms with Gasteiger partial charge in [0.1, 0.15) is 0 Å². The summed E-state index contributed by atoms with van der Waals surface area (Å²) in [5.41, 5.74) is 0. The maximum absolute atomic E-state index is 8.88. The van der Waals surface area contributed by atoms with Crippen molar-refractivity contribution < 1.29 is 9.53 Å². The van der Waals surface area contributed by atoms with Crippen molar-refractivity contribution in [3.8, 4) is 0 Å². The van der Waals surface area contributed by atoms with E-state index in [9.17, 15) is 0 Å². The monoisotopic (exact) mass is 115 g/mol. The van der Waals surface area contributed by atoms with Crippen molar-refractivity contribution >= 4 is 6.08 Å². The molecule has 1 aliphatic heterocycles. The summed E-state index contributed by atoms with van der Waals surface area (Å²) in [5, 5.41) is 0. The van der Waals surface area contributed by atoms with Gasteiger partial charge in [0.05, 0.1) is 12.7 Å². The van der Waals surface area contributed by atoms with Gasteiger partial charge in [-0.3, -0.25) is 0 Å². The van der Waals surface area contributed by atoms with Gasteiger partial charge < -0.3 is 4.74 Å². The van der Waals surface area contributed by atoms with E-state index in [1.165, 1.54) is 13.1 Å². The highest BCUT2D eigenvalue weighted by atomic mass is 16.6. The van der Waals surface area contributed by atoms with Gasteiger partial charge in [-0.05, 0) is 6.92 Å². The van der Waals surface area contributed by atoms with Crippen LogP contribution in [0.4, 0.5) is 0 Å². The van der Waals surface area contributed by atoms with Crippen molar-refractivity contribution in [2.24, 2.45) is 4.99 Å². The molecule has 0 radical (unpaired) electrons. The Morgan fingerprint density at radius 2 is 2.12 bits per heavy atom. The summed E-state index contributed by atoms with van der Waals surface area (Å²) in [5.74, 6) is 0. The minimum atomic E-state index is 0.583. The van der Waals surface area contributed by atoms with E-state index in [4.69, 9.17) is 9.53 Å². The minimum Gasteiger partial charge on any atom is -0.373 e. The second kappa shape index (κ2) is 4.50. The highest BCUT2D eigenvalue weighted by molar-refractivity contribution is 5.32. The van der Waals surface area contributed by atoms with Crippen LogP contribution in [0, 0.1) is 0 Å². The molecule has 1 unspecified atom stereocenters. The van der Waals surface area contributed by atoms with Gasteiger partial charge in [-0.25, -0.2) is 9.79 Å². The maximum Gasteiger partial charge on any atom is 0.234 e. The van der Waals surface area contributed by atoms with E-state index in [2.05, 4.69) is 11.9 Å². The zero-order chi connectivity index (χ0) is 6.41. The molecule has 1 rings (SSSR count). The Hall–Kier alpha value is -0.660. The fraction of sp³-hybridized carbons (Fsp3) is 0.800. The van der Waals surface area contributed by atoms with Gasteiger partial charge in [-0.15, -0.1) is 0 Å².